The first kappa shape index (κ1) is 28.1. The Labute approximate surface area is 234 Å². The number of ether oxygens (including phenoxy) is 1. The SMILES string of the molecule is CS(=O)(=O)Nc1cnc2cc(-c3ccc(N(CC(F)(F)F)c4cnc(N5CCOCC5)c(C#N)c4)cc3)ccc2n1. The third kappa shape index (κ3) is 6.82. The minimum absolute atomic E-state index is 0.0916. The number of sulfonamides is 1. The van der Waals surface area contributed by atoms with Crippen LogP contribution in [0.5, 0.6) is 0 Å². The van der Waals surface area contributed by atoms with E-state index < -0.39 is 22.7 Å². The molecule has 10 nitrogen and oxygen atoms in total. The Balaban J connectivity index is 1.44. The van der Waals surface area contributed by atoms with Crippen molar-refractivity contribution in [2.24, 2.45) is 0 Å². The average molecular weight is 584 g/mol. The van der Waals surface area contributed by atoms with Crippen LogP contribution >= 0.6 is 0 Å². The smallest absolute Gasteiger partial charge is 0.378 e. The second-order valence-corrected chi connectivity index (χ2v) is 11.1. The van der Waals surface area contributed by atoms with E-state index in [1.165, 1.54) is 18.5 Å². The fourth-order valence-corrected chi connectivity index (χ4v) is 4.96. The molecule has 1 aliphatic heterocycles. The second-order valence-electron chi connectivity index (χ2n) is 9.36. The standard InChI is InChI=1S/C27H24F3N7O3S/c1-41(38,39)35-25-16-32-24-13-19(4-7-23(24)34-25)18-2-5-21(6-3-18)37(17-27(28,29)30)22-12-20(14-31)26(33-15-22)36-8-10-40-11-9-36/h2-7,12-13,15-16H,8-11,17H2,1H3,(H,34,35). The molecular formula is C27H24F3N7O3S. The molecule has 0 unspecified atom stereocenters. The van der Waals surface area contributed by atoms with Gasteiger partial charge < -0.3 is 14.5 Å². The van der Waals surface area contributed by atoms with Crippen molar-refractivity contribution in [3.63, 3.8) is 0 Å². The van der Waals surface area contributed by atoms with Gasteiger partial charge in [0.15, 0.2) is 5.82 Å². The first-order valence-corrected chi connectivity index (χ1v) is 14.3. The number of nitriles is 1. The maximum absolute atomic E-state index is 13.6. The van der Waals surface area contributed by atoms with Crippen molar-refractivity contribution in [2.45, 2.75) is 6.18 Å². The topological polar surface area (TPSA) is 124 Å². The van der Waals surface area contributed by atoms with Crippen LogP contribution in [0.1, 0.15) is 5.56 Å². The van der Waals surface area contributed by atoms with Crippen molar-refractivity contribution < 1.29 is 26.3 Å². The number of aromatic nitrogens is 3. The van der Waals surface area contributed by atoms with Gasteiger partial charge in [0.1, 0.15) is 18.4 Å². The minimum atomic E-state index is -4.52. The number of anilines is 4. The molecule has 0 radical (unpaired) electrons. The van der Waals surface area contributed by atoms with Crippen LogP contribution in [0.3, 0.4) is 0 Å². The van der Waals surface area contributed by atoms with E-state index >= 15 is 0 Å². The quantitative estimate of drug-likeness (QED) is 0.336. The highest BCUT2D eigenvalue weighted by Crippen LogP contribution is 2.34. The number of fused-ring (bicyclic) bond motifs is 1. The number of hydrogen-bond acceptors (Lipinski definition) is 9. The number of morpholine rings is 1. The van der Waals surface area contributed by atoms with E-state index in [1.54, 1.807) is 42.5 Å². The van der Waals surface area contributed by atoms with Crippen molar-refractivity contribution in [3.05, 3.63) is 66.5 Å². The number of pyridine rings is 1. The molecule has 0 saturated carbocycles. The van der Waals surface area contributed by atoms with Gasteiger partial charge in [-0.15, -0.1) is 0 Å². The summed E-state index contributed by atoms with van der Waals surface area (Å²) in [5.74, 6) is 0.509. The van der Waals surface area contributed by atoms with E-state index in [9.17, 15) is 26.9 Å². The van der Waals surface area contributed by atoms with Crippen LogP contribution in [0.25, 0.3) is 22.2 Å². The third-order valence-corrected chi connectivity index (χ3v) is 6.86. The lowest BCUT2D eigenvalue weighted by Gasteiger charge is -2.30. The van der Waals surface area contributed by atoms with Gasteiger partial charge in [-0.3, -0.25) is 9.71 Å². The Kier molecular flexibility index (Phi) is 7.65. The molecule has 2 aromatic heterocycles. The zero-order chi connectivity index (χ0) is 29.2. The van der Waals surface area contributed by atoms with Crippen LogP contribution in [-0.4, -0.2) is 68.6 Å². The first-order valence-electron chi connectivity index (χ1n) is 12.4. The van der Waals surface area contributed by atoms with Gasteiger partial charge in [0.2, 0.25) is 10.0 Å². The number of nitrogens with zero attached hydrogens (tertiary/aromatic N) is 6. The normalized spacial score (nSPS) is 14.1. The van der Waals surface area contributed by atoms with Crippen molar-refractivity contribution in [1.82, 2.24) is 15.0 Å². The Morgan fingerprint density at radius 1 is 1.00 bits per heavy atom. The zero-order valence-corrected chi connectivity index (χ0v) is 22.6. The number of halogens is 3. The molecule has 0 spiro atoms. The summed E-state index contributed by atoms with van der Waals surface area (Å²) < 4.78 is 71.5. The highest BCUT2D eigenvalue weighted by Gasteiger charge is 2.32. The molecule has 41 heavy (non-hydrogen) atoms. The molecule has 2 aromatic carbocycles. The lowest BCUT2D eigenvalue weighted by atomic mass is 10.0. The van der Waals surface area contributed by atoms with Gasteiger partial charge in [-0.25, -0.2) is 18.4 Å². The van der Waals surface area contributed by atoms with Crippen molar-refractivity contribution in [1.29, 1.82) is 5.26 Å². The molecule has 212 valence electrons. The molecule has 1 saturated heterocycles. The molecule has 0 bridgehead atoms. The highest BCUT2D eigenvalue weighted by molar-refractivity contribution is 7.92. The summed E-state index contributed by atoms with van der Waals surface area (Å²) in [6.45, 7) is 0.755. The van der Waals surface area contributed by atoms with E-state index in [4.69, 9.17) is 4.74 Å². The monoisotopic (exact) mass is 583 g/mol. The maximum Gasteiger partial charge on any atom is 0.406 e. The zero-order valence-electron chi connectivity index (χ0n) is 21.8. The van der Waals surface area contributed by atoms with Crippen LogP contribution in [-0.2, 0) is 14.8 Å². The fraction of sp³-hybridized carbons (Fsp3) is 0.259. The molecule has 0 atom stereocenters. The summed E-state index contributed by atoms with van der Waals surface area (Å²) in [6.07, 6.45) is -0.851. The highest BCUT2D eigenvalue weighted by atomic mass is 32.2. The van der Waals surface area contributed by atoms with Gasteiger partial charge in [-0.1, -0.05) is 18.2 Å². The third-order valence-electron chi connectivity index (χ3n) is 6.28. The van der Waals surface area contributed by atoms with E-state index in [0.29, 0.717) is 43.2 Å². The minimum Gasteiger partial charge on any atom is -0.378 e. The lowest BCUT2D eigenvalue weighted by molar-refractivity contribution is -0.118. The lowest BCUT2D eigenvalue weighted by Crippen LogP contribution is -2.37. The molecule has 0 aliphatic carbocycles. The predicted octanol–water partition coefficient (Wildman–Crippen LogP) is 4.47. The number of nitrogens with one attached hydrogen (secondary N) is 1. The summed E-state index contributed by atoms with van der Waals surface area (Å²) in [4.78, 5) is 15.8. The largest absolute Gasteiger partial charge is 0.406 e. The Morgan fingerprint density at radius 3 is 2.37 bits per heavy atom. The van der Waals surface area contributed by atoms with E-state index in [1.807, 2.05) is 4.90 Å². The molecular weight excluding hydrogens is 559 g/mol. The number of rotatable bonds is 7. The van der Waals surface area contributed by atoms with Crippen LogP contribution < -0.4 is 14.5 Å². The number of alkyl halides is 3. The Hall–Kier alpha value is -4.48. The maximum atomic E-state index is 13.6. The molecule has 14 heteroatoms. The second kappa shape index (κ2) is 11.2. The molecule has 3 heterocycles. The van der Waals surface area contributed by atoms with Gasteiger partial charge in [-0.2, -0.15) is 18.4 Å². The molecule has 1 aliphatic rings. The average Bonchev–Trinajstić information content (AvgIpc) is 2.94. The van der Waals surface area contributed by atoms with Crippen molar-refractivity contribution in [2.75, 3.05) is 53.6 Å². The van der Waals surface area contributed by atoms with Crippen molar-refractivity contribution >= 4 is 44.1 Å². The number of hydrogen-bond donors (Lipinski definition) is 1. The van der Waals surface area contributed by atoms with Gasteiger partial charge in [-0.05, 0) is 41.5 Å². The van der Waals surface area contributed by atoms with Crippen LogP contribution in [0.15, 0.2) is 60.9 Å². The van der Waals surface area contributed by atoms with Crippen LogP contribution in [0, 0.1) is 11.3 Å². The summed E-state index contributed by atoms with van der Waals surface area (Å²) in [5, 5.41) is 9.73. The molecule has 0 amide bonds. The summed E-state index contributed by atoms with van der Waals surface area (Å²) in [5.41, 5.74) is 3.04. The Morgan fingerprint density at radius 2 is 1.71 bits per heavy atom. The fourth-order valence-electron chi connectivity index (χ4n) is 4.48. The van der Waals surface area contributed by atoms with Gasteiger partial charge in [0.25, 0.3) is 0 Å². The van der Waals surface area contributed by atoms with Gasteiger partial charge in [0, 0.05) is 18.8 Å². The van der Waals surface area contributed by atoms with Gasteiger partial charge in [0.05, 0.1) is 54.1 Å². The van der Waals surface area contributed by atoms with E-state index in [2.05, 4.69) is 25.7 Å². The van der Waals surface area contributed by atoms with Crippen LogP contribution in [0.2, 0.25) is 0 Å². The first-order chi connectivity index (χ1) is 19.5. The predicted molar refractivity (Wildman–Crippen MR) is 148 cm³/mol. The molecule has 4 aromatic rings. The molecule has 1 fully saturated rings. The van der Waals surface area contributed by atoms with E-state index in [0.717, 1.165) is 22.3 Å². The summed E-state index contributed by atoms with van der Waals surface area (Å²) in [7, 11) is -3.50. The van der Waals surface area contributed by atoms with Crippen molar-refractivity contribution in [3.8, 4) is 17.2 Å². The summed E-state index contributed by atoms with van der Waals surface area (Å²) >= 11 is 0. The Bertz CT molecular complexity index is 1720. The number of benzene rings is 2. The van der Waals surface area contributed by atoms with E-state index in [-0.39, 0.29) is 22.8 Å². The van der Waals surface area contributed by atoms with Crippen LogP contribution in [0.4, 0.5) is 36.2 Å². The molecule has 5 rings (SSSR count). The van der Waals surface area contributed by atoms with Gasteiger partial charge >= 0.3 is 6.18 Å². The molecule has 1 N–H and O–H groups in total. The summed E-state index contributed by atoms with van der Waals surface area (Å²) in [6, 6.07) is 15.2.